The summed E-state index contributed by atoms with van der Waals surface area (Å²) in [5.74, 6) is 0.648. The molecule has 2 rings (SSSR count). The van der Waals surface area contributed by atoms with Crippen LogP contribution in [-0.2, 0) is 0 Å². The number of nitrogens with zero attached hydrogens (tertiary/aromatic N) is 3. The Hall–Kier alpha value is -2.43. The Balaban J connectivity index is 2.15. The highest BCUT2D eigenvalue weighted by Gasteiger charge is 2.20. The number of benzene rings is 1. The van der Waals surface area contributed by atoms with Gasteiger partial charge in [0.25, 0.3) is 5.91 Å². The summed E-state index contributed by atoms with van der Waals surface area (Å²) in [5.41, 5.74) is 2.17. The molecule has 1 heterocycles. The number of carbonyl (C=O) groups excluding carboxylic acids is 1. The first-order chi connectivity index (χ1) is 10.0. The van der Waals surface area contributed by atoms with Crippen LogP contribution in [0.15, 0.2) is 36.7 Å². The topological polar surface area (TPSA) is 55.3 Å². The summed E-state index contributed by atoms with van der Waals surface area (Å²) < 4.78 is 5.14. The van der Waals surface area contributed by atoms with Gasteiger partial charge < -0.3 is 9.64 Å². The molecule has 0 fully saturated rings. The first-order valence-corrected chi connectivity index (χ1v) is 6.72. The molecule has 5 heteroatoms. The number of carbonyl (C=O) groups is 1. The van der Waals surface area contributed by atoms with E-state index in [1.54, 1.807) is 25.3 Å². The molecule has 5 nitrogen and oxygen atoms in total. The van der Waals surface area contributed by atoms with Crippen LogP contribution in [0.1, 0.15) is 34.7 Å². The summed E-state index contributed by atoms with van der Waals surface area (Å²) in [7, 11) is 3.39. The lowest BCUT2D eigenvalue weighted by Crippen LogP contribution is -2.30. The molecule has 0 aliphatic heterocycles. The van der Waals surface area contributed by atoms with Gasteiger partial charge in [-0.1, -0.05) is 12.1 Å². The van der Waals surface area contributed by atoms with E-state index in [1.165, 1.54) is 6.20 Å². The van der Waals surface area contributed by atoms with Crippen LogP contribution < -0.4 is 4.74 Å². The van der Waals surface area contributed by atoms with Crippen LogP contribution in [0.25, 0.3) is 0 Å². The largest absolute Gasteiger partial charge is 0.497 e. The molecule has 0 saturated heterocycles. The predicted octanol–water partition coefficient (Wildman–Crippen LogP) is 2.63. The average molecular weight is 285 g/mol. The third-order valence-corrected chi connectivity index (χ3v) is 3.50. The van der Waals surface area contributed by atoms with Crippen molar-refractivity contribution in [2.75, 3.05) is 14.2 Å². The second-order valence-corrected chi connectivity index (χ2v) is 4.91. The van der Waals surface area contributed by atoms with Crippen molar-refractivity contribution in [1.82, 2.24) is 14.9 Å². The van der Waals surface area contributed by atoms with Gasteiger partial charge in [0.2, 0.25) is 0 Å². The van der Waals surface area contributed by atoms with Gasteiger partial charge in [-0.25, -0.2) is 4.98 Å². The SMILES string of the molecule is COc1ccc([C@H](C)N(C)C(=O)c2cnc(C)cn2)cc1. The smallest absolute Gasteiger partial charge is 0.274 e. The number of rotatable bonds is 4. The molecule has 110 valence electrons. The molecular formula is C16H19N3O2. The maximum absolute atomic E-state index is 12.4. The van der Waals surface area contributed by atoms with Gasteiger partial charge in [0.15, 0.2) is 0 Å². The van der Waals surface area contributed by atoms with E-state index < -0.39 is 0 Å². The molecule has 0 spiro atoms. The summed E-state index contributed by atoms with van der Waals surface area (Å²) in [6.07, 6.45) is 3.11. The van der Waals surface area contributed by atoms with Crippen LogP contribution in [0.2, 0.25) is 0 Å². The van der Waals surface area contributed by atoms with Crippen molar-refractivity contribution >= 4 is 5.91 Å². The Morgan fingerprint density at radius 2 is 1.86 bits per heavy atom. The lowest BCUT2D eigenvalue weighted by Gasteiger charge is -2.25. The maximum atomic E-state index is 12.4. The van der Waals surface area contributed by atoms with Gasteiger partial charge in [0.05, 0.1) is 25.0 Å². The first kappa shape index (κ1) is 15.0. The molecule has 2 aromatic rings. The lowest BCUT2D eigenvalue weighted by atomic mass is 10.1. The fraction of sp³-hybridized carbons (Fsp3) is 0.312. The number of hydrogen-bond acceptors (Lipinski definition) is 4. The predicted molar refractivity (Wildman–Crippen MR) is 80.3 cm³/mol. The summed E-state index contributed by atoms with van der Waals surface area (Å²) in [6.45, 7) is 3.81. The normalized spacial score (nSPS) is 11.8. The van der Waals surface area contributed by atoms with E-state index in [-0.39, 0.29) is 11.9 Å². The lowest BCUT2D eigenvalue weighted by molar-refractivity contribution is 0.0736. The summed E-state index contributed by atoms with van der Waals surface area (Å²) in [6, 6.07) is 7.61. The molecule has 1 aromatic heterocycles. The molecule has 1 aromatic carbocycles. The van der Waals surface area contributed by atoms with Crippen molar-refractivity contribution in [3.63, 3.8) is 0 Å². The highest BCUT2D eigenvalue weighted by atomic mass is 16.5. The van der Waals surface area contributed by atoms with Crippen LogP contribution in [0.3, 0.4) is 0 Å². The third kappa shape index (κ3) is 3.37. The van der Waals surface area contributed by atoms with Gasteiger partial charge in [-0.3, -0.25) is 9.78 Å². The van der Waals surface area contributed by atoms with Crippen molar-refractivity contribution in [2.45, 2.75) is 19.9 Å². The zero-order valence-corrected chi connectivity index (χ0v) is 12.7. The standard InChI is InChI=1S/C16H19N3O2/c1-11-9-18-15(10-17-11)16(20)19(3)12(2)13-5-7-14(21-4)8-6-13/h5-10,12H,1-4H3/t12-/m0/s1. The van der Waals surface area contributed by atoms with Gasteiger partial charge in [-0.2, -0.15) is 0 Å². The van der Waals surface area contributed by atoms with Crippen molar-refractivity contribution in [3.8, 4) is 5.75 Å². The second-order valence-electron chi connectivity index (χ2n) is 4.91. The fourth-order valence-electron chi connectivity index (χ4n) is 1.97. The Labute approximate surface area is 124 Å². The molecule has 1 atom stereocenters. The van der Waals surface area contributed by atoms with Gasteiger partial charge >= 0.3 is 0 Å². The van der Waals surface area contributed by atoms with E-state index >= 15 is 0 Å². The van der Waals surface area contributed by atoms with Gasteiger partial charge in [-0.15, -0.1) is 0 Å². The highest BCUT2D eigenvalue weighted by molar-refractivity contribution is 5.92. The minimum atomic E-state index is -0.147. The van der Waals surface area contributed by atoms with E-state index in [1.807, 2.05) is 38.1 Å². The van der Waals surface area contributed by atoms with E-state index in [4.69, 9.17) is 4.74 Å². The molecule has 1 amide bonds. The summed E-state index contributed by atoms with van der Waals surface area (Å²) in [4.78, 5) is 22.3. The highest BCUT2D eigenvalue weighted by Crippen LogP contribution is 2.22. The Bertz CT molecular complexity index is 608. The molecule has 0 unspecified atom stereocenters. The molecule has 0 radical (unpaired) electrons. The Morgan fingerprint density at radius 3 is 2.38 bits per heavy atom. The molecule has 0 aliphatic rings. The zero-order valence-electron chi connectivity index (χ0n) is 12.7. The second kappa shape index (κ2) is 6.35. The van der Waals surface area contributed by atoms with Crippen molar-refractivity contribution in [3.05, 3.63) is 53.6 Å². The minimum absolute atomic E-state index is 0.0634. The number of hydrogen-bond donors (Lipinski definition) is 0. The number of ether oxygens (including phenoxy) is 1. The summed E-state index contributed by atoms with van der Waals surface area (Å²) >= 11 is 0. The molecule has 0 saturated carbocycles. The Morgan fingerprint density at radius 1 is 1.19 bits per heavy atom. The van der Waals surface area contributed by atoms with Gasteiger partial charge in [0, 0.05) is 13.2 Å². The quantitative estimate of drug-likeness (QED) is 0.866. The molecule has 0 N–H and O–H groups in total. The van der Waals surface area contributed by atoms with E-state index in [9.17, 15) is 4.79 Å². The number of aryl methyl sites for hydroxylation is 1. The van der Waals surface area contributed by atoms with Crippen LogP contribution in [0, 0.1) is 6.92 Å². The third-order valence-electron chi connectivity index (χ3n) is 3.50. The minimum Gasteiger partial charge on any atom is -0.497 e. The van der Waals surface area contributed by atoms with Crippen LogP contribution in [0.5, 0.6) is 5.75 Å². The van der Waals surface area contributed by atoms with Gasteiger partial charge in [0.1, 0.15) is 11.4 Å². The summed E-state index contributed by atoms with van der Waals surface area (Å²) in [5, 5.41) is 0. The average Bonchev–Trinajstić information content (AvgIpc) is 2.53. The van der Waals surface area contributed by atoms with Crippen molar-refractivity contribution in [1.29, 1.82) is 0 Å². The number of aromatic nitrogens is 2. The molecule has 21 heavy (non-hydrogen) atoms. The van der Waals surface area contributed by atoms with Crippen molar-refractivity contribution in [2.24, 2.45) is 0 Å². The van der Waals surface area contributed by atoms with E-state index in [2.05, 4.69) is 9.97 Å². The number of amides is 1. The molecule has 0 bridgehead atoms. The maximum Gasteiger partial charge on any atom is 0.274 e. The van der Waals surface area contributed by atoms with Gasteiger partial charge in [-0.05, 0) is 31.5 Å². The van der Waals surface area contributed by atoms with Crippen LogP contribution >= 0.6 is 0 Å². The van der Waals surface area contributed by atoms with Crippen LogP contribution in [-0.4, -0.2) is 34.9 Å². The Kier molecular flexibility index (Phi) is 4.52. The van der Waals surface area contributed by atoms with E-state index in [0.717, 1.165) is 17.0 Å². The van der Waals surface area contributed by atoms with Crippen molar-refractivity contribution < 1.29 is 9.53 Å². The monoisotopic (exact) mass is 285 g/mol. The number of methoxy groups -OCH3 is 1. The zero-order chi connectivity index (χ0) is 15.4. The van der Waals surface area contributed by atoms with Crippen LogP contribution in [0.4, 0.5) is 0 Å². The van der Waals surface area contributed by atoms with E-state index in [0.29, 0.717) is 5.69 Å². The molecular weight excluding hydrogens is 266 g/mol. The first-order valence-electron chi connectivity index (χ1n) is 6.72. The fourth-order valence-corrected chi connectivity index (χ4v) is 1.97. The molecule has 0 aliphatic carbocycles.